The normalized spacial score (nSPS) is 15.1. The summed E-state index contributed by atoms with van der Waals surface area (Å²) in [6.45, 7) is 6.53. The lowest BCUT2D eigenvalue weighted by Crippen LogP contribution is -2.41. The van der Waals surface area contributed by atoms with Crippen LogP contribution in [0.3, 0.4) is 0 Å². The first-order chi connectivity index (χ1) is 13.8. The number of aromatic nitrogens is 1. The highest BCUT2D eigenvalue weighted by molar-refractivity contribution is 6.03. The van der Waals surface area contributed by atoms with Crippen LogP contribution in [0, 0.1) is 25.2 Å². The van der Waals surface area contributed by atoms with Gasteiger partial charge in [-0.15, -0.1) is 0 Å². The van der Waals surface area contributed by atoms with Crippen LogP contribution in [0.25, 0.3) is 6.08 Å². The number of likely N-dealkylation sites (N-methyl/N-ethyl adjacent to an activating group) is 1. The van der Waals surface area contributed by atoms with Crippen LogP contribution < -0.4 is 0 Å². The van der Waals surface area contributed by atoms with E-state index in [4.69, 9.17) is 0 Å². The maximum atomic E-state index is 13.0. The number of hydrogen-bond acceptors (Lipinski definition) is 3. The SMILES string of the molecule is CCCN(CC(=O)N(C)C)C(=O)/C(C#N)=C/c1cc(C)n(C2CCCCC2)c1C. The first kappa shape index (κ1) is 22.7. The third-order valence-corrected chi connectivity index (χ3v) is 5.72. The van der Waals surface area contributed by atoms with Gasteiger partial charge in [-0.2, -0.15) is 5.26 Å². The number of aryl methyl sites for hydroxylation is 1. The lowest BCUT2D eigenvalue weighted by Gasteiger charge is -2.26. The quantitative estimate of drug-likeness (QED) is 0.517. The second-order valence-electron chi connectivity index (χ2n) is 8.17. The highest BCUT2D eigenvalue weighted by Gasteiger charge is 2.23. The molecule has 2 rings (SSSR count). The van der Waals surface area contributed by atoms with E-state index in [1.807, 2.05) is 6.92 Å². The highest BCUT2D eigenvalue weighted by atomic mass is 16.2. The Morgan fingerprint density at radius 3 is 2.45 bits per heavy atom. The van der Waals surface area contributed by atoms with Crippen molar-refractivity contribution in [2.24, 2.45) is 0 Å². The molecule has 0 aromatic carbocycles. The number of rotatable bonds is 7. The average Bonchev–Trinajstić information content (AvgIpc) is 2.98. The van der Waals surface area contributed by atoms with Crippen LogP contribution in [0.4, 0.5) is 0 Å². The lowest BCUT2D eigenvalue weighted by atomic mass is 9.95. The lowest BCUT2D eigenvalue weighted by molar-refractivity contribution is -0.136. The minimum absolute atomic E-state index is 0.0141. The van der Waals surface area contributed by atoms with Crippen molar-refractivity contribution in [1.82, 2.24) is 14.4 Å². The minimum Gasteiger partial charge on any atom is -0.347 e. The van der Waals surface area contributed by atoms with Crippen molar-refractivity contribution < 1.29 is 9.59 Å². The van der Waals surface area contributed by atoms with Crippen LogP contribution in [-0.2, 0) is 9.59 Å². The Bertz CT molecular complexity index is 808. The number of carbonyl (C=O) groups excluding carboxylic acids is 2. The Labute approximate surface area is 174 Å². The van der Waals surface area contributed by atoms with E-state index in [0.29, 0.717) is 12.6 Å². The summed E-state index contributed by atoms with van der Waals surface area (Å²) in [7, 11) is 3.33. The van der Waals surface area contributed by atoms with Gasteiger partial charge in [0, 0.05) is 38.1 Å². The Hall–Kier alpha value is -2.55. The molecule has 0 atom stereocenters. The largest absolute Gasteiger partial charge is 0.347 e. The molecule has 0 unspecified atom stereocenters. The summed E-state index contributed by atoms with van der Waals surface area (Å²) in [5.74, 6) is -0.536. The van der Waals surface area contributed by atoms with Crippen molar-refractivity contribution in [1.29, 1.82) is 5.26 Å². The molecule has 1 saturated carbocycles. The molecule has 1 aliphatic carbocycles. The Morgan fingerprint density at radius 2 is 1.90 bits per heavy atom. The first-order valence-corrected chi connectivity index (χ1v) is 10.6. The smallest absolute Gasteiger partial charge is 0.264 e. The van der Waals surface area contributed by atoms with Gasteiger partial charge in [-0.3, -0.25) is 9.59 Å². The number of nitrogens with zero attached hydrogens (tertiary/aromatic N) is 4. The molecular weight excluding hydrogens is 364 g/mol. The monoisotopic (exact) mass is 398 g/mol. The molecule has 0 bridgehead atoms. The van der Waals surface area contributed by atoms with Crippen molar-refractivity contribution in [3.05, 3.63) is 28.6 Å². The average molecular weight is 399 g/mol. The molecule has 6 nitrogen and oxygen atoms in total. The summed E-state index contributed by atoms with van der Waals surface area (Å²) in [4.78, 5) is 28.0. The molecule has 1 aliphatic rings. The summed E-state index contributed by atoms with van der Waals surface area (Å²) in [6, 6.07) is 4.62. The van der Waals surface area contributed by atoms with Crippen LogP contribution in [0.5, 0.6) is 0 Å². The van der Waals surface area contributed by atoms with E-state index in [1.54, 1.807) is 20.2 Å². The zero-order valence-corrected chi connectivity index (χ0v) is 18.5. The fraction of sp³-hybridized carbons (Fsp3) is 0.609. The third-order valence-electron chi connectivity index (χ3n) is 5.72. The van der Waals surface area contributed by atoms with Gasteiger partial charge in [0.2, 0.25) is 5.91 Å². The van der Waals surface area contributed by atoms with Gasteiger partial charge in [-0.05, 0) is 50.8 Å². The summed E-state index contributed by atoms with van der Waals surface area (Å²) < 4.78 is 2.36. The number of amides is 2. The van der Waals surface area contributed by atoms with E-state index in [1.165, 1.54) is 47.6 Å². The van der Waals surface area contributed by atoms with Crippen LogP contribution in [0.1, 0.15) is 68.4 Å². The predicted molar refractivity (Wildman–Crippen MR) is 115 cm³/mol. The summed E-state index contributed by atoms with van der Waals surface area (Å²) in [5.41, 5.74) is 3.25. The van der Waals surface area contributed by atoms with Gasteiger partial charge < -0.3 is 14.4 Å². The molecule has 1 aromatic rings. The molecule has 29 heavy (non-hydrogen) atoms. The van der Waals surface area contributed by atoms with Gasteiger partial charge in [0.1, 0.15) is 18.2 Å². The van der Waals surface area contributed by atoms with Crippen LogP contribution in [0.15, 0.2) is 11.6 Å². The van der Waals surface area contributed by atoms with Crippen LogP contribution in [-0.4, -0.2) is 53.4 Å². The van der Waals surface area contributed by atoms with E-state index < -0.39 is 0 Å². The van der Waals surface area contributed by atoms with E-state index in [-0.39, 0.29) is 23.9 Å². The highest BCUT2D eigenvalue weighted by Crippen LogP contribution is 2.32. The van der Waals surface area contributed by atoms with Crippen molar-refractivity contribution in [3.63, 3.8) is 0 Å². The van der Waals surface area contributed by atoms with Gasteiger partial charge in [0.05, 0.1) is 0 Å². The van der Waals surface area contributed by atoms with Gasteiger partial charge in [0.15, 0.2) is 0 Å². The second kappa shape index (κ2) is 10.3. The molecule has 158 valence electrons. The molecule has 0 radical (unpaired) electrons. The molecule has 0 spiro atoms. The Balaban J connectivity index is 2.31. The third kappa shape index (κ3) is 5.50. The van der Waals surface area contributed by atoms with E-state index in [0.717, 1.165) is 17.7 Å². The zero-order chi connectivity index (χ0) is 21.6. The maximum Gasteiger partial charge on any atom is 0.264 e. The van der Waals surface area contributed by atoms with Crippen molar-refractivity contribution >= 4 is 17.9 Å². The number of hydrogen-bond donors (Lipinski definition) is 0. The van der Waals surface area contributed by atoms with Gasteiger partial charge in [0.25, 0.3) is 5.91 Å². The summed E-state index contributed by atoms with van der Waals surface area (Å²) in [6.07, 6.45) is 8.57. The molecule has 0 saturated heterocycles. The molecule has 6 heteroatoms. The Morgan fingerprint density at radius 1 is 1.24 bits per heavy atom. The van der Waals surface area contributed by atoms with E-state index in [2.05, 4.69) is 30.6 Å². The topological polar surface area (TPSA) is 69.3 Å². The molecule has 1 fully saturated rings. The van der Waals surface area contributed by atoms with Crippen molar-refractivity contribution in [2.75, 3.05) is 27.2 Å². The van der Waals surface area contributed by atoms with E-state index in [9.17, 15) is 14.9 Å². The number of carbonyl (C=O) groups is 2. The predicted octanol–water partition coefficient (Wildman–Crippen LogP) is 3.84. The molecule has 0 N–H and O–H groups in total. The van der Waals surface area contributed by atoms with Crippen molar-refractivity contribution in [2.45, 2.75) is 65.3 Å². The molecule has 1 aromatic heterocycles. The standard InChI is InChI=1S/C23H34N4O2/c1-6-12-26(16-22(28)25(4)5)23(29)20(15-24)14-19-13-17(2)27(18(19)3)21-10-8-7-9-11-21/h13-14,21H,6-12,16H2,1-5H3/b20-14+. The van der Waals surface area contributed by atoms with E-state index >= 15 is 0 Å². The zero-order valence-electron chi connectivity index (χ0n) is 18.5. The van der Waals surface area contributed by atoms with Crippen LogP contribution in [0.2, 0.25) is 0 Å². The molecule has 0 aliphatic heterocycles. The minimum atomic E-state index is -0.382. The van der Waals surface area contributed by atoms with Gasteiger partial charge >= 0.3 is 0 Å². The summed E-state index contributed by atoms with van der Waals surface area (Å²) >= 11 is 0. The fourth-order valence-corrected chi connectivity index (χ4v) is 4.14. The van der Waals surface area contributed by atoms with Crippen molar-refractivity contribution in [3.8, 4) is 6.07 Å². The number of nitriles is 1. The second-order valence-corrected chi connectivity index (χ2v) is 8.17. The van der Waals surface area contributed by atoms with Gasteiger partial charge in [-0.25, -0.2) is 0 Å². The summed E-state index contributed by atoms with van der Waals surface area (Å²) in [5, 5.41) is 9.67. The Kier molecular flexibility index (Phi) is 8.07. The fourth-order valence-electron chi connectivity index (χ4n) is 4.14. The maximum absolute atomic E-state index is 13.0. The molecule has 1 heterocycles. The van der Waals surface area contributed by atoms with Gasteiger partial charge in [-0.1, -0.05) is 26.2 Å². The first-order valence-electron chi connectivity index (χ1n) is 10.6. The molecule has 2 amide bonds. The van der Waals surface area contributed by atoms with Crippen LogP contribution >= 0.6 is 0 Å². The molecular formula is C23H34N4O2.